The lowest BCUT2D eigenvalue weighted by Gasteiger charge is -2.12. The molecule has 7 nitrogen and oxygen atoms in total. The Bertz CT molecular complexity index is 1230. The van der Waals surface area contributed by atoms with Crippen molar-refractivity contribution in [2.75, 3.05) is 13.1 Å². The summed E-state index contributed by atoms with van der Waals surface area (Å²) in [5, 5.41) is 31.3. The molecule has 0 aromatic heterocycles. The average Bonchev–Trinajstić information content (AvgIpc) is 2.82. The lowest BCUT2D eigenvalue weighted by Crippen LogP contribution is -2.23. The minimum atomic E-state index is -3.74. The maximum Gasteiger partial charge on any atom is 0.335 e. The molecule has 0 bridgehead atoms. The zero-order valence-electron chi connectivity index (χ0n) is 17.1. The molecule has 3 N–H and O–H groups in total. The molecule has 8 heteroatoms. The first-order valence-corrected chi connectivity index (χ1v) is 11.4. The highest BCUT2D eigenvalue weighted by molar-refractivity contribution is 7.91. The van der Waals surface area contributed by atoms with Gasteiger partial charge in [0, 0.05) is 6.54 Å². The lowest BCUT2D eigenvalue weighted by atomic mass is 10.1. The number of carbonyl (C=O) groups is 1. The monoisotopic (exact) mass is 450 g/mol. The summed E-state index contributed by atoms with van der Waals surface area (Å²) in [4.78, 5) is 11.1. The maximum atomic E-state index is 12.7. The molecule has 1 atom stereocenters. The van der Waals surface area contributed by atoms with Crippen molar-refractivity contribution in [1.29, 1.82) is 5.26 Å². The first kappa shape index (κ1) is 23.2. The van der Waals surface area contributed by atoms with Gasteiger partial charge in [-0.15, -0.1) is 0 Å². The second kappa shape index (κ2) is 10.2. The van der Waals surface area contributed by atoms with Crippen molar-refractivity contribution in [3.05, 3.63) is 95.1 Å². The van der Waals surface area contributed by atoms with Gasteiger partial charge in [-0.1, -0.05) is 24.3 Å². The summed E-state index contributed by atoms with van der Waals surface area (Å²) >= 11 is 0. The molecule has 32 heavy (non-hydrogen) atoms. The Balaban J connectivity index is 1.55. The Morgan fingerprint density at radius 3 is 2.22 bits per heavy atom. The van der Waals surface area contributed by atoms with Gasteiger partial charge in [0.25, 0.3) is 0 Å². The van der Waals surface area contributed by atoms with Gasteiger partial charge in [0.2, 0.25) is 9.84 Å². The number of rotatable bonds is 9. The standard InChI is InChI=1S/C24H22N2O5S/c25-15-18-2-1-3-20(14-18)23(27)16-26-13-12-17-4-8-21(9-5-17)32(30,31)22-10-6-19(7-11-22)24(28)29/h1-11,14,23,26-27H,12-13,16H2,(H,28,29)/t23-/m1/s1. The van der Waals surface area contributed by atoms with Crippen LogP contribution < -0.4 is 5.32 Å². The summed E-state index contributed by atoms with van der Waals surface area (Å²) < 4.78 is 25.5. The van der Waals surface area contributed by atoms with Crippen LogP contribution in [0.25, 0.3) is 0 Å². The molecule has 0 fully saturated rings. The van der Waals surface area contributed by atoms with Gasteiger partial charge in [-0.25, -0.2) is 13.2 Å². The average molecular weight is 451 g/mol. The number of aromatic carboxylic acids is 1. The first-order valence-electron chi connectivity index (χ1n) is 9.87. The molecule has 0 aliphatic carbocycles. The van der Waals surface area contributed by atoms with E-state index in [0.717, 1.165) is 5.56 Å². The zero-order chi connectivity index (χ0) is 23.1. The van der Waals surface area contributed by atoms with Gasteiger partial charge >= 0.3 is 5.97 Å². The molecule has 0 aliphatic heterocycles. The van der Waals surface area contributed by atoms with Gasteiger partial charge in [-0.3, -0.25) is 0 Å². The van der Waals surface area contributed by atoms with E-state index in [4.69, 9.17) is 10.4 Å². The Morgan fingerprint density at radius 2 is 1.62 bits per heavy atom. The van der Waals surface area contributed by atoms with Crippen LogP contribution in [0, 0.1) is 11.3 Å². The van der Waals surface area contributed by atoms with Gasteiger partial charge in [0.15, 0.2) is 0 Å². The third-order valence-corrected chi connectivity index (χ3v) is 6.76. The van der Waals surface area contributed by atoms with Crippen LogP contribution in [0.15, 0.2) is 82.6 Å². The van der Waals surface area contributed by atoms with Crippen molar-refractivity contribution in [2.24, 2.45) is 0 Å². The number of carboxylic acid groups (broad SMARTS) is 1. The van der Waals surface area contributed by atoms with Crippen LogP contribution in [0.2, 0.25) is 0 Å². The summed E-state index contributed by atoms with van der Waals surface area (Å²) in [6.45, 7) is 0.908. The number of carboxylic acids is 1. The number of aliphatic hydroxyl groups excluding tert-OH is 1. The quantitative estimate of drug-likeness (QED) is 0.428. The molecular formula is C24H22N2O5S. The van der Waals surface area contributed by atoms with E-state index in [0.29, 0.717) is 30.6 Å². The van der Waals surface area contributed by atoms with Crippen molar-refractivity contribution in [1.82, 2.24) is 5.32 Å². The summed E-state index contributed by atoms with van der Waals surface area (Å²) in [6, 6.07) is 20.5. The second-order valence-electron chi connectivity index (χ2n) is 7.18. The van der Waals surface area contributed by atoms with Crippen LogP contribution in [0.4, 0.5) is 0 Å². The van der Waals surface area contributed by atoms with Crippen LogP contribution >= 0.6 is 0 Å². The number of hydrogen-bond donors (Lipinski definition) is 3. The fraction of sp³-hybridized carbons (Fsp3) is 0.167. The van der Waals surface area contributed by atoms with E-state index in [2.05, 4.69) is 5.32 Å². The highest BCUT2D eigenvalue weighted by atomic mass is 32.2. The van der Waals surface area contributed by atoms with E-state index in [1.165, 1.54) is 36.4 Å². The molecule has 0 radical (unpaired) electrons. The van der Waals surface area contributed by atoms with Crippen LogP contribution in [0.3, 0.4) is 0 Å². The summed E-state index contributed by atoms with van der Waals surface area (Å²) in [7, 11) is -3.74. The van der Waals surface area contributed by atoms with Crippen molar-refractivity contribution in [2.45, 2.75) is 22.3 Å². The van der Waals surface area contributed by atoms with E-state index < -0.39 is 21.9 Å². The number of nitrogens with one attached hydrogen (secondary N) is 1. The van der Waals surface area contributed by atoms with Crippen molar-refractivity contribution < 1.29 is 23.4 Å². The Morgan fingerprint density at radius 1 is 1.00 bits per heavy atom. The number of benzene rings is 3. The molecule has 3 aromatic carbocycles. The Hall–Kier alpha value is -3.51. The summed E-state index contributed by atoms with van der Waals surface area (Å²) in [5.41, 5.74) is 2.12. The fourth-order valence-corrected chi connectivity index (χ4v) is 4.41. The largest absolute Gasteiger partial charge is 0.478 e. The maximum absolute atomic E-state index is 12.7. The summed E-state index contributed by atoms with van der Waals surface area (Å²) in [6.07, 6.45) is -0.0955. The van der Waals surface area contributed by atoms with Crippen LogP contribution in [0.5, 0.6) is 0 Å². The molecule has 0 spiro atoms. The van der Waals surface area contributed by atoms with E-state index in [9.17, 15) is 18.3 Å². The zero-order valence-corrected chi connectivity index (χ0v) is 17.9. The minimum absolute atomic E-state index is 0.0229. The lowest BCUT2D eigenvalue weighted by molar-refractivity contribution is 0.0696. The molecule has 164 valence electrons. The van der Waals surface area contributed by atoms with E-state index in [1.807, 2.05) is 6.07 Å². The summed E-state index contributed by atoms with van der Waals surface area (Å²) in [5.74, 6) is -1.12. The molecule has 3 aromatic rings. The van der Waals surface area contributed by atoms with Gasteiger partial charge in [-0.05, 0) is 72.6 Å². The van der Waals surface area contributed by atoms with Crippen molar-refractivity contribution >= 4 is 15.8 Å². The number of nitriles is 1. The molecule has 0 aliphatic rings. The third-order valence-electron chi connectivity index (χ3n) is 4.97. The van der Waals surface area contributed by atoms with Gasteiger partial charge in [-0.2, -0.15) is 5.26 Å². The molecule has 0 amide bonds. The van der Waals surface area contributed by atoms with Gasteiger partial charge in [0.05, 0.1) is 33.1 Å². The number of sulfone groups is 1. The molecule has 0 saturated carbocycles. The van der Waals surface area contributed by atoms with Gasteiger partial charge < -0.3 is 15.5 Å². The number of nitrogens with zero attached hydrogens (tertiary/aromatic N) is 1. The smallest absolute Gasteiger partial charge is 0.335 e. The minimum Gasteiger partial charge on any atom is -0.478 e. The topological polar surface area (TPSA) is 127 Å². The predicted molar refractivity (Wildman–Crippen MR) is 118 cm³/mol. The van der Waals surface area contributed by atoms with Crippen LogP contribution in [-0.4, -0.2) is 37.7 Å². The highest BCUT2D eigenvalue weighted by Crippen LogP contribution is 2.22. The molecule has 0 heterocycles. The normalized spacial score (nSPS) is 12.1. The number of aliphatic hydroxyl groups is 1. The van der Waals surface area contributed by atoms with E-state index >= 15 is 0 Å². The fourth-order valence-electron chi connectivity index (χ4n) is 3.15. The van der Waals surface area contributed by atoms with E-state index in [-0.39, 0.29) is 15.4 Å². The first-order chi connectivity index (χ1) is 15.3. The third kappa shape index (κ3) is 5.59. The number of hydrogen-bond acceptors (Lipinski definition) is 6. The van der Waals surface area contributed by atoms with Crippen LogP contribution in [0.1, 0.15) is 33.2 Å². The second-order valence-corrected chi connectivity index (χ2v) is 9.13. The van der Waals surface area contributed by atoms with E-state index in [1.54, 1.807) is 36.4 Å². The van der Waals surface area contributed by atoms with Gasteiger partial charge in [0.1, 0.15) is 0 Å². The molecule has 3 rings (SSSR count). The van der Waals surface area contributed by atoms with Crippen molar-refractivity contribution in [3.8, 4) is 6.07 Å². The molecular weight excluding hydrogens is 428 g/mol. The Labute approximate surface area is 186 Å². The van der Waals surface area contributed by atoms with Crippen molar-refractivity contribution in [3.63, 3.8) is 0 Å². The van der Waals surface area contributed by atoms with Crippen LogP contribution in [-0.2, 0) is 16.3 Å². The molecule has 0 unspecified atom stereocenters. The predicted octanol–water partition coefficient (Wildman–Crippen LogP) is 2.95. The Kier molecular flexibility index (Phi) is 7.38. The highest BCUT2D eigenvalue weighted by Gasteiger charge is 2.18. The SMILES string of the molecule is N#Cc1cccc([C@H](O)CNCCc2ccc(S(=O)(=O)c3ccc(C(=O)O)cc3)cc2)c1. The molecule has 0 saturated heterocycles.